The zero-order valence-corrected chi connectivity index (χ0v) is 13.7. The average Bonchev–Trinajstić information content (AvgIpc) is 2.53. The Morgan fingerprint density at radius 2 is 1.60 bits per heavy atom. The van der Waals surface area contributed by atoms with Gasteiger partial charge in [0.25, 0.3) is 0 Å². The molecule has 0 atom stereocenters. The van der Waals surface area contributed by atoms with E-state index in [4.69, 9.17) is 5.73 Å². The molecule has 0 unspecified atom stereocenters. The Kier molecular flexibility index (Phi) is 6.38. The third kappa shape index (κ3) is 6.35. The van der Waals surface area contributed by atoms with E-state index < -0.39 is 23.7 Å². The molecule has 0 saturated carbocycles. The first-order valence-corrected chi connectivity index (χ1v) is 7.94. The Balaban J connectivity index is 1.73. The minimum absolute atomic E-state index is 0.196. The molecule has 0 aromatic heterocycles. The van der Waals surface area contributed by atoms with Crippen molar-refractivity contribution in [2.75, 3.05) is 32.7 Å². The summed E-state index contributed by atoms with van der Waals surface area (Å²) in [6, 6.07) is 4.35. The van der Waals surface area contributed by atoms with Crippen molar-refractivity contribution < 1.29 is 22.8 Å². The summed E-state index contributed by atoms with van der Waals surface area (Å²) in [5.74, 6) is -0.403. The van der Waals surface area contributed by atoms with Crippen molar-refractivity contribution in [3.05, 3.63) is 35.4 Å². The molecule has 3 N–H and O–H groups in total. The first-order chi connectivity index (χ1) is 11.7. The molecule has 0 aliphatic carbocycles. The van der Waals surface area contributed by atoms with Crippen molar-refractivity contribution in [1.29, 1.82) is 0 Å². The number of imide groups is 1. The lowest BCUT2D eigenvalue weighted by Crippen LogP contribution is -2.47. The molecule has 138 valence electrons. The number of carbonyl (C=O) groups excluding carboxylic acids is 2. The molecule has 1 heterocycles. The Labute approximate surface area is 143 Å². The number of nitrogens with zero attached hydrogens (tertiary/aromatic N) is 2. The van der Waals surface area contributed by atoms with Gasteiger partial charge < -0.3 is 10.6 Å². The smallest absolute Gasteiger partial charge is 0.351 e. The van der Waals surface area contributed by atoms with Crippen LogP contribution < -0.4 is 11.1 Å². The molecule has 1 aromatic rings. The van der Waals surface area contributed by atoms with Crippen molar-refractivity contribution in [1.82, 2.24) is 15.1 Å². The van der Waals surface area contributed by atoms with Crippen LogP contribution in [-0.2, 0) is 17.5 Å². The van der Waals surface area contributed by atoms with E-state index in [2.05, 4.69) is 9.80 Å². The van der Waals surface area contributed by atoms with E-state index in [9.17, 15) is 22.8 Å². The van der Waals surface area contributed by atoms with Crippen LogP contribution in [0.2, 0.25) is 0 Å². The molecular weight excluding hydrogens is 337 g/mol. The van der Waals surface area contributed by atoms with E-state index in [1.807, 2.05) is 5.32 Å². The Bertz CT molecular complexity index is 596. The highest BCUT2D eigenvalue weighted by atomic mass is 19.4. The molecule has 1 saturated heterocycles. The standard InChI is InChI=1S/C16H21F3N4O2/c17-16(18,19)13-3-1-12(2-4-13)11-23-9-7-22(8-10-23)6-5-14(24)21-15(20)25/h1-4H,5-11H2,(H3,20,21,24,25). The summed E-state index contributed by atoms with van der Waals surface area (Å²) in [5, 5.41) is 2.02. The lowest BCUT2D eigenvalue weighted by molar-refractivity contribution is -0.137. The Morgan fingerprint density at radius 3 is 2.12 bits per heavy atom. The van der Waals surface area contributed by atoms with E-state index in [1.54, 1.807) is 0 Å². The zero-order valence-electron chi connectivity index (χ0n) is 13.7. The fourth-order valence-electron chi connectivity index (χ4n) is 2.69. The van der Waals surface area contributed by atoms with E-state index in [0.717, 1.165) is 43.9 Å². The summed E-state index contributed by atoms with van der Waals surface area (Å²) in [5.41, 5.74) is 5.07. The monoisotopic (exact) mass is 358 g/mol. The summed E-state index contributed by atoms with van der Waals surface area (Å²) in [6.45, 7) is 4.16. The van der Waals surface area contributed by atoms with Crippen molar-refractivity contribution in [3.8, 4) is 0 Å². The number of rotatable bonds is 5. The fraction of sp³-hybridized carbons (Fsp3) is 0.500. The van der Waals surface area contributed by atoms with Gasteiger partial charge in [0.2, 0.25) is 5.91 Å². The molecule has 1 aliphatic rings. The molecule has 0 bridgehead atoms. The first kappa shape index (κ1) is 19.2. The number of carbonyl (C=O) groups is 2. The summed E-state index contributed by atoms with van der Waals surface area (Å²) in [6.07, 6.45) is -4.12. The Hall–Kier alpha value is -2.13. The normalized spacial score (nSPS) is 16.6. The van der Waals surface area contributed by atoms with Crippen LogP contribution in [0.5, 0.6) is 0 Å². The van der Waals surface area contributed by atoms with E-state index >= 15 is 0 Å². The summed E-state index contributed by atoms with van der Waals surface area (Å²) >= 11 is 0. The summed E-state index contributed by atoms with van der Waals surface area (Å²) in [7, 11) is 0. The minimum Gasteiger partial charge on any atom is -0.351 e. The third-order valence-electron chi connectivity index (χ3n) is 4.07. The molecule has 9 heteroatoms. The average molecular weight is 358 g/mol. The van der Waals surface area contributed by atoms with Gasteiger partial charge >= 0.3 is 12.2 Å². The van der Waals surface area contributed by atoms with E-state index in [-0.39, 0.29) is 6.42 Å². The number of urea groups is 1. The molecular formula is C16H21F3N4O2. The van der Waals surface area contributed by atoms with Crippen molar-refractivity contribution in [3.63, 3.8) is 0 Å². The van der Waals surface area contributed by atoms with Gasteiger partial charge in [-0.15, -0.1) is 0 Å². The number of amides is 3. The molecule has 1 aromatic carbocycles. The second-order valence-electron chi connectivity index (χ2n) is 5.97. The quantitative estimate of drug-likeness (QED) is 0.834. The maximum Gasteiger partial charge on any atom is 0.416 e. The van der Waals surface area contributed by atoms with Crippen molar-refractivity contribution in [2.45, 2.75) is 19.1 Å². The molecule has 0 radical (unpaired) electrons. The van der Waals surface area contributed by atoms with Crippen LogP contribution in [0.25, 0.3) is 0 Å². The lowest BCUT2D eigenvalue weighted by atomic mass is 10.1. The SMILES string of the molecule is NC(=O)NC(=O)CCN1CCN(Cc2ccc(C(F)(F)F)cc2)CC1. The number of alkyl halides is 3. The van der Waals surface area contributed by atoms with Gasteiger partial charge in [-0.05, 0) is 17.7 Å². The van der Waals surface area contributed by atoms with Crippen LogP contribution in [0.1, 0.15) is 17.5 Å². The fourth-order valence-corrected chi connectivity index (χ4v) is 2.69. The number of piperazine rings is 1. The second kappa shape index (κ2) is 8.30. The van der Waals surface area contributed by atoms with E-state index in [0.29, 0.717) is 13.1 Å². The molecule has 1 fully saturated rings. The number of benzene rings is 1. The molecule has 1 aliphatic heterocycles. The van der Waals surface area contributed by atoms with Gasteiger partial charge in [-0.25, -0.2) is 4.79 Å². The van der Waals surface area contributed by atoms with Crippen LogP contribution in [0, 0.1) is 0 Å². The molecule has 0 spiro atoms. The largest absolute Gasteiger partial charge is 0.416 e. The predicted molar refractivity (Wildman–Crippen MR) is 85.5 cm³/mol. The van der Waals surface area contributed by atoms with Crippen LogP contribution in [0.4, 0.5) is 18.0 Å². The second-order valence-corrected chi connectivity index (χ2v) is 5.97. The highest BCUT2D eigenvalue weighted by molar-refractivity contribution is 5.93. The highest BCUT2D eigenvalue weighted by Crippen LogP contribution is 2.29. The van der Waals surface area contributed by atoms with Gasteiger partial charge in [0.05, 0.1) is 5.56 Å². The van der Waals surface area contributed by atoms with E-state index in [1.165, 1.54) is 12.1 Å². The molecule has 25 heavy (non-hydrogen) atoms. The number of nitrogens with two attached hydrogens (primary N) is 1. The maximum absolute atomic E-state index is 12.6. The predicted octanol–water partition coefficient (Wildman–Crippen LogP) is 1.41. The van der Waals surface area contributed by atoms with Gasteiger partial charge in [-0.3, -0.25) is 15.0 Å². The number of primary amides is 1. The highest BCUT2D eigenvalue weighted by Gasteiger charge is 2.30. The first-order valence-electron chi connectivity index (χ1n) is 7.94. The van der Waals surface area contributed by atoms with Crippen molar-refractivity contribution >= 4 is 11.9 Å². The van der Waals surface area contributed by atoms with Gasteiger partial charge in [0, 0.05) is 45.7 Å². The van der Waals surface area contributed by atoms with Crippen LogP contribution in [0.15, 0.2) is 24.3 Å². The Morgan fingerprint density at radius 1 is 1.04 bits per heavy atom. The molecule has 2 rings (SSSR count). The number of hydrogen-bond donors (Lipinski definition) is 2. The third-order valence-corrected chi connectivity index (χ3v) is 4.07. The number of halogens is 3. The van der Waals surface area contributed by atoms with Gasteiger partial charge in [0.1, 0.15) is 0 Å². The van der Waals surface area contributed by atoms with Gasteiger partial charge in [0.15, 0.2) is 0 Å². The molecule has 3 amide bonds. The van der Waals surface area contributed by atoms with Crippen LogP contribution in [0.3, 0.4) is 0 Å². The van der Waals surface area contributed by atoms with Gasteiger partial charge in [-0.2, -0.15) is 13.2 Å². The van der Waals surface area contributed by atoms with Crippen LogP contribution in [-0.4, -0.2) is 54.5 Å². The summed E-state index contributed by atoms with van der Waals surface area (Å²) in [4.78, 5) is 26.2. The lowest BCUT2D eigenvalue weighted by Gasteiger charge is -2.34. The zero-order chi connectivity index (χ0) is 18.4. The summed E-state index contributed by atoms with van der Waals surface area (Å²) < 4.78 is 37.7. The minimum atomic E-state index is -4.31. The van der Waals surface area contributed by atoms with Crippen molar-refractivity contribution in [2.24, 2.45) is 5.73 Å². The molecule has 6 nitrogen and oxygen atoms in total. The van der Waals surface area contributed by atoms with Gasteiger partial charge in [-0.1, -0.05) is 12.1 Å². The topological polar surface area (TPSA) is 78.7 Å². The maximum atomic E-state index is 12.6. The number of hydrogen-bond acceptors (Lipinski definition) is 4. The number of nitrogens with one attached hydrogen (secondary N) is 1. The van der Waals surface area contributed by atoms with Crippen LogP contribution >= 0.6 is 0 Å².